The molecule has 0 aliphatic rings. The minimum absolute atomic E-state index is 0.0121. The molecule has 0 bridgehead atoms. The van der Waals surface area contributed by atoms with Crippen LogP contribution in [0.25, 0.3) is 0 Å². The van der Waals surface area contributed by atoms with Crippen molar-refractivity contribution < 1.29 is 14.6 Å². The predicted octanol–water partition coefficient (Wildman–Crippen LogP) is 2.56. The third kappa shape index (κ3) is 3.98. The Kier molecular flexibility index (Phi) is 4.47. The van der Waals surface area contributed by atoms with Crippen LogP contribution >= 0.6 is 0 Å². The molecule has 0 aliphatic heterocycles. The lowest BCUT2D eigenvalue weighted by atomic mass is 10.2. The maximum atomic E-state index is 12.2. The van der Waals surface area contributed by atoms with E-state index in [9.17, 15) is 9.90 Å². The van der Waals surface area contributed by atoms with Crippen molar-refractivity contribution in [1.82, 2.24) is 9.78 Å². The summed E-state index contributed by atoms with van der Waals surface area (Å²) in [5.41, 5.74) is 0.318. The molecule has 6 heteroatoms. The van der Waals surface area contributed by atoms with Crippen LogP contribution in [0.1, 0.15) is 30.6 Å². The van der Waals surface area contributed by atoms with Crippen LogP contribution < -0.4 is 10.1 Å². The van der Waals surface area contributed by atoms with E-state index in [2.05, 4.69) is 10.4 Å². The Labute approximate surface area is 123 Å². The number of carbonyl (C=O) groups excluding carboxylic acids is 1. The molecular weight excluding hydrogens is 270 g/mol. The minimum Gasteiger partial charge on any atom is -0.508 e. The summed E-state index contributed by atoms with van der Waals surface area (Å²) in [4.78, 5) is 12.2. The molecule has 2 N–H and O–H groups in total. The van der Waals surface area contributed by atoms with Crippen LogP contribution in [0.2, 0.25) is 0 Å². The Morgan fingerprint density at radius 1 is 1.48 bits per heavy atom. The van der Waals surface area contributed by atoms with E-state index < -0.39 is 0 Å². The smallest absolute Gasteiger partial charge is 0.257 e. The van der Waals surface area contributed by atoms with E-state index in [0.29, 0.717) is 17.1 Å². The van der Waals surface area contributed by atoms with E-state index in [1.54, 1.807) is 30.1 Å². The van der Waals surface area contributed by atoms with Gasteiger partial charge in [-0.3, -0.25) is 9.48 Å². The molecule has 0 saturated heterocycles. The number of nitrogens with zero attached hydrogens (tertiary/aromatic N) is 2. The summed E-state index contributed by atoms with van der Waals surface area (Å²) in [6, 6.07) is 6.17. The van der Waals surface area contributed by atoms with E-state index in [0.717, 1.165) is 6.42 Å². The Hall–Kier alpha value is -2.50. The minimum atomic E-state index is -0.349. The van der Waals surface area contributed by atoms with Crippen molar-refractivity contribution in [3.63, 3.8) is 0 Å². The fourth-order valence-corrected chi connectivity index (χ4v) is 1.77. The zero-order valence-corrected chi connectivity index (χ0v) is 12.3. The highest BCUT2D eigenvalue weighted by atomic mass is 16.5. The van der Waals surface area contributed by atoms with E-state index in [-0.39, 0.29) is 17.8 Å². The van der Waals surface area contributed by atoms with Crippen molar-refractivity contribution in [2.45, 2.75) is 26.4 Å². The number of phenols is 1. The number of anilines is 1. The van der Waals surface area contributed by atoms with E-state index >= 15 is 0 Å². The lowest BCUT2D eigenvalue weighted by Gasteiger charge is -2.13. The predicted molar refractivity (Wildman–Crippen MR) is 79.6 cm³/mol. The molecule has 1 unspecified atom stereocenters. The first-order chi connectivity index (χ1) is 9.97. The van der Waals surface area contributed by atoms with Crippen LogP contribution in [0.4, 0.5) is 5.82 Å². The van der Waals surface area contributed by atoms with Gasteiger partial charge in [-0.25, -0.2) is 0 Å². The van der Waals surface area contributed by atoms with Gasteiger partial charge in [-0.05, 0) is 25.5 Å². The molecule has 112 valence electrons. The zero-order valence-electron chi connectivity index (χ0n) is 12.3. The number of ether oxygens (including phenoxy) is 1. The summed E-state index contributed by atoms with van der Waals surface area (Å²) in [6.45, 7) is 3.93. The molecule has 0 spiro atoms. The van der Waals surface area contributed by atoms with Gasteiger partial charge in [0.25, 0.3) is 5.91 Å². The van der Waals surface area contributed by atoms with Gasteiger partial charge in [-0.15, -0.1) is 0 Å². The van der Waals surface area contributed by atoms with Crippen molar-refractivity contribution in [2.24, 2.45) is 7.05 Å². The number of aryl methyl sites for hydroxylation is 1. The molecule has 0 aliphatic carbocycles. The SMILES string of the molecule is CCC(C)Oc1cc(O)cc(C(=O)Nc2ccn(C)n2)c1. The summed E-state index contributed by atoms with van der Waals surface area (Å²) in [5.74, 6) is 0.561. The highest BCUT2D eigenvalue weighted by Gasteiger charge is 2.12. The number of aromatic hydroxyl groups is 1. The van der Waals surface area contributed by atoms with Gasteiger partial charge in [0, 0.05) is 30.9 Å². The van der Waals surface area contributed by atoms with Gasteiger partial charge in [0.05, 0.1) is 6.10 Å². The second kappa shape index (κ2) is 6.30. The molecule has 1 aromatic heterocycles. The van der Waals surface area contributed by atoms with E-state index in [1.807, 2.05) is 13.8 Å². The summed E-state index contributed by atoms with van der Waals surface area (Å²) in [6.07, 6.45) is 2.58. The third-order valence-corrected chi connectivity index (χ3v) is 3.02. The van der Waals surface area contributed by atoms with Gasteiger partial charge in [0.1, 0.15) is 11.5 Å². The van der Waals surface area contributed by atoms with Crippen molar-refractivity contribution in [2.75, 3.05) is 5.32 Å². The highest BCUT2D eigenvalue weighted by Crippen LogP contribution is 2.23. The van der Waals surface area contributed by atoms with Gasteiger partial charge in [-0.1, -0.05) is 6.92 Å². The third-order valence-electron chi connectivity index (χ3n) is 3.02. The summed E-state index contributed by atoms with van der Waals surface area (Å²) < 4.78 is 7.22. The van der Waals surface area contributed by atoms with Gasteiger partial charge in [0.2, 0.25) is 0 Å². The molecule has 21 heavy (non-hydrogen) atoms. The summed E-state index contributed by atoms with van der Waals surface area (Å²) in [7, 11) is 1.77. The van der Waals surface area contributed by atoms with Crippen LogP contribution in [0.5, 0.6) is 11.5 Å². The lowest BCUT2D eigenvalue weighted by Crippen LogP contribution is -2.14. The lowest BCUT2D eigenvalue weighted by molar-refractivity contribution is 0.102. The summed E-state index contributed by atoms with van der Waals surface area (Å²) in [5, 5.41) is 16.5. The molecule has 2 rings (SSSR count). The molecule has 2 aromatic rings. The number of benzene rings is 1. The molecule has 6 nitrogen and oxygen atoms in total. The number of carbonyl (C=O) groups is 1. The number of phenolic OH excluding ortho intramolecular Hbond substituents is 1. The monoisotopic (exact) mass is 289 g/mol. The normalized spacial score (nSPS) is 12.0. The Balaban J connectivity index is 2.16. The quantitative estimate of drug-likeness (QED) is 0.887. The van der Waals surface area contributed by atoms with Gasteiger partial charge < -0.3 is 15.2 Å². The van der Waals surface area contributed by atoms with Crippen molar-refractivity contribution in [1.29, 1.82) is 0 Å². The van der Waals surface area contributed by atoms with Crippen LogP contribution in [-0.4, -0.2) is 26.9 Å². The van der Waals surface area contributed by atoms with Gasteiger partial charge >= 0.3 is 0 Å². The molecular formula is C15H19N3O3. The molecule has 1 atom stereocenters. The highest BCUT2D eigenvalue weighted by molar-refractivity contribution is 6.04. The Morgan fingerprint density at radius 3 is 2.86 bits per heavy atom. The first-order valence-electron chi connectivity index (χ1n) is 6.79. The fraction of sp³-hybridized carbons (Fsp3) is 0.333. The van der Waals surface area contributed by atoms with Crippen molar-refractivity contribution in [3.8, 4) is 11.5 Å². The second-order valence-electron chi connectivity index (χ2n) is 4.88. The molecule has 0 radical (unpaired) electrons. The number of hydrogen-bond donors (Lipinski definition) is 2. The zero-order chi connectivity index (χ0) is 15.4. The number of rotatable bonds is 5. The Bertz CT molecular complexity index is 637. The van der Waals surface area contributed by atoms with Gasteiger partial charge in [0.15, 0.2) is 5.82 Å². The average molecular weight is 289 g/mol. The largest absolute Gasteiger partial charge is 0.508 e. The molecule has 0 fully saturated rings. The molecule has 1 amide bonds. The van der Waals surface area contributed by atoms with Crippen LogP contribution in [0.3, 0.4) is 0 Å². The van der Waals surface area contributed by atoms with Crippen molar-refractivity contribution in [3.05, 3.63) is 36.0 Å². The van der Waals surface area contributed by atoms with E-state index in [4.69, 9.17) is 4.74 Å². The molecule has 0 saturated carbocycles. The number of aromatic nitrogens is 2. The average Bonchev–Trinajstić information content (AvgIpc) is 2.83. The topological polar surface area (TPSA) is 76.4 Å². The molecule has 1 aromatic carbocycles. The number of nitrogens with one attached hydrogen (secondary N) is 1. The number of amides is 1. The Morgan fingerprint density at radius 2 is 2.24 bits per heavy atom. The van der Waals surface area contributed by atoms with Crippen molar-refractivity contribution >= 4 is 11.7 Å². The first kappa shape index (κ1) is 14.9. The van der Waals surface area contributed by atoms with E-state index in [1.165, 1.54) is 12.1 Å². The number of hydrogen-bond acceptors (Lipinski definition) is 4. The standard InChI is InChI=1S/C15H19N3O3/c1-4-10(2)21-13-8-11(7-12(19)9-13)15(20)16-14-5-6-18(3)17-14/h5-10,19H,4H2,1-3H3,(H,16,17,20). The summed E-state index contributed by atoms with van der Waals surface area (Å²) >= 11 is 0. The van der Waals surface area contributed by atoms with Crippen LogP contribution in [0, 0.1) is 0 Å². The maximum absolute atomic E-state index is 12.2. The van der Waals surface area contributed by atoms with Crippen LogP contribution in [0.15, 0.2) is 30.5 Å². The second-order valence-corrected chi connectivity index (χ2v) is 4.88. The van der Waals surface area contributed by atoms with Crippen LogP contribution in [-0.2, 0) is 7.05 Å². The molecule has 1 heterocycles. The first-order valence-corrected chi connectivity index (χ1v) is 6.79. The fourth-order valence-electron chi connectivity index (χ4n) is 1.77. The maximum Gasteiger partial charge on any atom is 0.257 e. The van der Waals surface area contributed by atoms with Gasteiger partial charge in [-0.2, -0.15) is 5.10 Å².